The Morgan fingerprint density at radius 2 is 1.90 bits per heavy atom. The number of hydrogen-bond donors (Lipinski definition) is 3. The van der Waals surface area contributed by atoms with Crippen molar-refractivity contribution in [3.63, 3.8) is 0 Å². The molecular weight excluding hydrogens is 514 g/mol. The molecule has 1 aromatic carbocycles. The lowest BCUT2D eigenvalue weighted by Gasteiger charge is -2.17. The highest BCUT2D eigenvalue weighted by Gasteiger charge is 2.12. The van der Waals surface area contributed by atoms with E-state index in [-0.39, 0.29) is 47.6 Å². The Labute approximate surface area is 200 Å². The zero-order valence-corrected chi connectivity index (χ0v) is 20.6. The van der Waals surface area contributed by atoms with Crippen LogP contribution in [-0.2, 0) is 0 Å². The van der Waals surface area contributed by atoms with Crippen molar-refractivity contribution in [3.05, 3.63) is 53.7 Å². The number of carbonyl (C=O) groups is 1. The van der Waals surface area contributed by atoms with Crippen LogP contribution in [-0.4, -0.2) is 44.1 Å². The number of benzene rings is 1. The molecule has 0 saturated heterocycles. The van der Waals surface area contributed by atoms with E-state index in [4.69, 9.17) is 9.15 Å². The third-order valence-electron chi connectivity index (χ3n) is 4.38. The van der Waals surface area contributed by atoms with Gasteiger partial charge < -0.3 is 25.1 Å². The van der Waals surface area contributed by atoms with Crippen LogP contribution in [0.2, 0.25) is 0 Å². The Morgan fingerprint density at radius 3 is 2.55 bits per heavy atom. The van der Waals surface area contributed by atoms with E-state index >= 15 is 0 Å². The molecule has 172 valence electrons. The van der Waals surface area contributed by atoms with Gasteiger partial charge in [0, 0.05) is 25.2 Å². The number of nitrogens with one attached hydrogen (secondary N) is 3. The Hall–Kier alpha value is -2.30. The van der Waals surface area contributed by atoms with Crippen LogP contribution in [0.4, 0.5) is 4.39 Å². The fraction of sp³-hybridized carbons (Fsp3) is 0.455. The van der Waals surface area contributed by atoms with Gasteiger partial charge in [-0.2, -0.15) is 0 Å². The van der Waals surface area contributed by atoms with Crippen molar-refractivity contribution in [1.82, 2.24) is 16.0 Å². The standard InChI is InChI=1S/C22H31FN4O3.HI/c1-4-17(30-19-10-7-6-9-18(19)23)15-27-22(24-5-2)26-13-8-12-25-21(28)20-16(3)11-14-29-20;/h6-7,9-11,14,17H,4-5,8,12-13,15H2,1-3H3,(H,25,28)(H2,24,26,27);1H. The van der Waals surface area contributed by atoms with Crippen molar-refractivity contribution in [2.75, 3.05) is 26.2 Å². The zero-order chi connectivity index (χ0) is 21.8. The van der Waals surface area contributed by atoms with Crippen LogP contribution in [0, 0.1) is 12.7 Å². The average molecular weight is 546 g/mol. The number of aryl methyl sites for hydroxylation is 1. The van der Waals surface area contributed by atoms with Gasteiger partial charge in [0.25, 0.3) is 5.91 Å². The highest BCUT2D eigenvalue weighted by molar-refractivity contribution is 14.0. The molecule has 1 unspecified atom stereocenters. The van der Waals surface area contributed by atoms with Crippen LogP contribution in [0.5, 0.6) is 5.75 Å². The molecule has 2 rings (SSSR count). The summed E-state index contributed by atoms with van der Waals surface area (Å²) < 4.78 is 24.7. The third kappa shape index (κ3) is 9.16. The summed E-state index contributed by atoms with van der Waals surface area (Å²) in [7, 11) is 0. The molecule has 0 aliphatic heterocycles. The monoisotopic (exact) mass is 546 g/mol. The first kappa shape index (κ1) is 26.7. The summed E-state index contributed by atoms with van der Waals surface area (Å²) >= 11 is 0. The van der Waals surface area contributed by atoms with Gasteiger partial charge in [0.15, 0.2) is 23.3 Å². The van der Waals surface area contributed by atoms with Gasteiger partial charge in [0.05, 0.1) is 12.8 Å². The zero-order valence-electron chi connectivity index (χ0n) is 18.2. The minimum Gasteiger partial charge on any atom is -0.485 e. The van der Waals surface area contributed by atoms with Crippen molar-refractivity contribution in [3.8, 4) is 5.75 Å². The van der Waals surface area contributed by atoms with Gasteiger partial charge in [-0.15, -0.1) is 24.0 Å². The maximum atomic E-state index is 13.8. The molecule has 1 heterocycles. The molecule has 0 aliphatic rings. The van der Waals surface area contributed by atoms with E-state index < -0.39 is 0 Å². The second-order valence-corrected chi connectivity index (χ2v) is 6.77. The molecule has 31 heavy (non-hydrogen) atoms. The number of amides is 1. The van der Waals surface area contributed by atoms with Gasteiger partial charge in [0.1, 0.15) is 6.10 Å². The fourth-order valence-corrected chi connectivity index (χ4v) is 2.69. The molecule has 0 aliphatic carbocycles. The van der Waals surface area contributed by atoms with Gasteiger partial charge in [-0.1, -0.05) is 19.1 Å². The summed E-state index contributed by atoms with van der Waals surface area (Å²) in [6, 6.07) is 8.13. The van der Waals surface area contributed by atoms with Crippen molar-refractivity contribution in [2.24, 2.45) is 4.99 Å². The summed E-state index contributed by atoms with van der Waals surface area (Å²) in [4.78, 5) is 16.5. The van der Waals surface area contributed by atoms with Crippen molar-refractivity contribution in [1.29, 1.82) is 0 Å². The highest BCUT2D eigenvalue weighted by atomic mass is 127. The van der Waals surface area contributed by atoms with Gasteiger partial charge in [-0.25, -0.2) is 9.38 Å². The summed E-state index contributed by atoms with van der Waals surface area (Å²) in [6.45, 7) is 8.05. The smallest absolute Gasteiger partial charge is 0.287 e. The molecule has 1 amide bonds. The second kappa shape index (κ2) is 14.7. The first-order valence-corrected chi connectivity index (χ1v) is 10.3. The van der Waals surface area contributed by atoms with Crippen molar-refractivity contribution >= 4 is 35.8 Å². The molecule has 0 fully saturated rings. The Bertz CT molecular complexity index is 829. The first-order chi connectivity index (χ1) is 14.5. The third-order valence-corrected chi connectivity index (χ3v) is 4.38. The number of rotatable bonds is 11. The minimum atomic E-state index is -0.378. The molecule has 0 saturated carbocycles. The molecule has 0 radical (unpaired) electrons. The van der Waals surface area contributed by atoms with E-state index in [0.717, 1.165) is 12.0 Å². The van der Waals surface area contributed by atoms with E-state index in [1.54, 1.807) is 24.3 Å². The SMILES string of the molecule is CCNC(=NCC(CC)Oc1ccccc1F)NCCCNC(=O)c1occc1C.I. The molecule has 3 N–H and O–H groups in total. The summed E-state index contributed by atoms with van der Waals surface area (Å²) in [6.07, 6.45) is 2.70. The number of hydrogen-bond acceptors (Lipinski definition) is 4. The molecule has 0 spiro atoms. The van der Waals surface area contributed by atoms with Crippen LogP contribution in [0.1, 0.15) is 42.8 Å². The number of carbonyl (C=O) groups excluding carboxylic acids is 1. The number of guanidine groups is 1. The normalized spacial score (nSPS) is 11.9. The van der Waals surface area contributed by atoms with Crippen molar-refractivity contribution in [2.45, 2.75) is 39.7 Å². The van der Waals surface area contributed by atoms with E-state index in [0.29, 0.717) is 44.3 Å². The molecular formula is C22H32FIN4O3. The number of ether oxygens (including phenoxy) is 1. The molecule has 2 aromatic rings. The fourth-order valence-electron chi connectivity index (χ4n) is 2.69. The summed E-state index contributed by atoms with van der Waals surface area (Å²) in [5.41, 5.74) is 0.815. The topological polar surface area (TPSA) is 87.9 Å². The maximum Gasteiger partial charge on any atom is 0.287 e. The lowest BCUT2D eigenvalue weighted by Crippen LogP contribution is -2.39. The van der Waals surface area contributed by atoms with E-state index in [2.05, 4.69) is 20.9 Å². The number of halogens is 2. The van der Waals surface area contributed by atoms with Gasteiger partial charge in [0.2, 0.25) is 0 Å². The predicted molar refractivity (Wildman–Crippen MR) is 131 cm³/mol. The van der Waals surface area contributed by atoms with Gasteiger partial charge >= 0.3 is 0 Å². The van der Waals surface area contributed by atoms with Crippen molar-refractivity contribution < 1.29 is 18.3 Å². The Morgan fingerprint density at radius 1 is 1.16 bits per heavy atom. The predicted octanol–water partition coefficient (Wildman–Crippen LogP) is 3.88. The lowest BCUT2D eigenvalue weighted by molar-refractivity contribution is 0.0925. The second-order valence-electron chi connectivity index (χ2n) is 6.77. The van der Waals surface area contributed by atoms with Crippen LogP contribution in [0.15, 0.2) is 46.0 Å². The average Bonchev–Trinajstić information content (AvgIpc) is 3.17. The van der Waals surface area contributed by atoms with Crippen LogP contribution in [0.25, 0.3) is 0 Å². The number of nitrogens with zero attached hydrogens (tertiary/aromatic N) is 1. The molecule has 1 aromatic heterocycles. The quantitative estimate of drug-likeness (QED) is 0.172. The van der Waals surface area contributed by atoms with E-state index in [9.17, 15) is 9.18 Å². The van der Waals surface area contributed by atoms with Crippen LogP contribution in [0.3, 0.4) is 0 Å². The molecule has 9 heteroatoms. The van der Waals surface area contributed by atoms with Gasteiger partial charge in [-0.3, -0.25) is 4.79 Å². The summed E-state index contributed by atoms with van der Waals surface area (Å²) in [5.74, 6) is 0.644. The number of furan rings is 1. The molecule has 7 nitrogen and oxygen atoms in total. The largest absolute Gasteiger partial charge is 0.485 e. The number of para-hydroxylation sites is 1. The van der Waals surface area contributed by atoms with Crippen LogP contribution < -0.4 is 20.7 Å². The maximum absolute atomic E-state index is 13.8. The van der Waals surface area contributed by atoms with E-state index in [1.807, 2.05) is 20.8 Å². The number of aliphatic imine (C=N–C) groups is 1. The lowest BCUT2D eigenvalue weighted by atomic mass is 10.2. The molecule has 0 bridgehead atoms. The van der Waals surface area contributed by atoms with Crippen LogP contribution >= 0.6 is 24.0 Å². The minimum absolute atomic E-state index is 0. The summed E-state index contributed by atoms with van der Waals surface area (Å²) in [5, 5.41) is 9.24. The van der Waals surface area contributed by atoms with Gasteiger partial charge in [-0.05, 0) is 44.9 Å². The Kier molecular flexibility index (Phi) is 12.6. The van der Waals surface area contributed by atoms with E-state index in [1.165, 1.54) is 12.3 Å². The Balaban J connectivity index is 0.00000480. The molecule has 1 atom stereocenters. The first-order valence-electron chi connectivity index (χ1n) is 10.3. The highest BCUT2D eigenvalue weighted by Crippen LogP contribution is 2.18.